The van der Waals surface area contributed by atoms with Crippen molar-refractivity contribution in [3.63, 3.8) is 0 Å². The highest BCUT2D eigenvalue weighted by Crippen LogP contribution is 2.15. The van der Waals surface area contributed by atoms with Crippen molar-refractivity contribution >= 4 is 5.69 Å². The molecule has 0 aliphatic heterocycles. The normalized spacial score (nSPS) is 13.1. The second kappa shape index (κ2) is 5.70. The van der Waals surface area contributed by atoms with E-state index in [2.05, 4.69) is 0 Å². The minimum atomic E-state index is -0.540. The lowest BCUT2D eigenvalue weighted by Gasteiger charge is -2.19. The highest BCUT2D eigenvalue weighted by Gasteiger charge is 2.09. The van der Waals surface area contributed by atoms with Crippen LogP contribution in [0.4, 0.5) is 5.69 Å². The summed E-state index contributed by atoms with van der Waals surface area (Å²) >= 11 is 0. The molecular weight excluding hydrogens is 192 g/mol. The molecule has 1 unspecified atom stereocenters. The Balaban J connectivity index is 2.53. The number of nitrogens with two attached hydrogens (primary N) is 1. The Hall–Kier alpha value is -1.10. The molecule has 0 heterocycles. The Morgan fingerprint density at radius 3 is 2.47 bits per heavy atom. The molecule has 4 heteroatoms. The van der Waals surface area contributed by atoms with Crippen LogP contribution >= 0.6 is 0 Å². The predicted molar refractivity (Wildman–Crippen MR) is 60.4 cm³/mol. The highest BCUT2D eigenvalue weighted by atomic mass is 16.3. The third kappa shape index (κ3) is 3.87. The highest BCUT2D eigenvalue weighted by molar-refractivity contribution is 5.39. The van der Waals surface area contributed by atoms with Crippen LogP contribution in [0.15, 0.2) is 24.3 Å². The molecule has 0 aliphatic rings. The molecule has 1 atom stereocenters. The fourth-order valence-corrected chi connectivity index (χ4v) is 1.38. The minimum Gasteiger partial charge on any atom is -0.399 e. The molecule has 0 saturated heterocycles. The summed E-state index contributed by atoms with van der Waals surface area (Å²) in [5.74, 6) is 0. The lowest BCUT2D eigenvalue weighted by Crippen LogP contribution is -2.27. The summed E-state index contributed by atoms with van der Waals surface area (Å²) in [6.45, 7) is 1.17. The summed E-state index contributed by atoms with van der Waals surface area (Å²) in [5.41, 5.74) is 7.08. The van der Waals surface area contributed by atoms with Crippen LogP contribution in [0.5, 0.6) is 0 Å². The lowest BCUT2D eigenvalue weighted by molar-refractivity contribution is 0.115. The Labute approximate surface area is 89.9 Å². The standard InChI is InChI=1S/C11H18N2O2/c1-13(6-7-14)8-11(15)9-2-4-10(12)5-3-9/h2-5,11,14-15H,6-8,12H2,1H3. The van der Waals surface area contributed by atoms with Crippen LogP contribution in [-0.2, 0) is 0 Å². The molecule has 1 rings (SSSR count). The van der Waals surface area contributed by atoms with Gasteiger partial charge in [-0.1, -0.05) is 12.1 Å². The van der Waals surface area contributed by atoms with Gasteiger partial charge in [-0.05, 0) is 24.7 Å². The van der Waals surface area contributed by atoms with Gasteiger partial charge in [0, 0.05) is 18.8 Å². The maximum atomic E-state index is 9.84. The molecule has 1 aromatic carbocycles. The molecule has 0 saturated carbocycles. The summed E-state index contributed by atoms with van der Waals surface area (Å²) < 4.78 is 0. The predicted octanol–water partition coefficient (Wildman–Crippen LogP) is 0.226. The van der Waals surface area contributed by atoms with Crippen molar-refractivity contribution in [3.8, 4) is 0 Å². The first-order valence-electron chi connectivity index (χ1n) is 4.96. The van der Waals surface area contributed by atoms with Crippen molar-refractivity contribution in [1.29, 1.82) is 0 Å². The van der Waals surface area contributed by atoms with Gasteiger partial charge in [0.25, 0.3) is 0 Å². The zero-order valence-corrected chi connectivity index (χ0v) is 8.93. The number of rotatable bonds is 5. The van der Waals surface area contributed by atoms with Crippen molar-refractivity contribution in [1.82, 2.24) is 4.90 Å². The second-order valence-electron chi connectivity index (χ2n) is 3.67. The average Bonchev–Trinajstić information content (AvgIpc) is 2.18. The van der Waals surface area contributed by atoms with E-state index in [1.165, 1.54) is 0 Å². The number of hydrogen-bond donors (Lipinski definition) is 3. The van der Waals surface area contributed by atoms with Gasteiger partial charge in [-0.25, -0.2) is 0 Å². The van der Waals surface area contributed by atoms with Crippen LogP contribution < -0.4 is 5.73 Å². The van der Waals surface area contributed by atoms with Gasteiger partial charge in [0.15, 0.2) is 0 Å². The third-order valence-electron chi connectivity index (χ3n) is 2.29. The molecular formula is C11H18N2O2. The van der Waals surface area contributed by atoms with Crippen molar-refractivity contribution < 1.29 is 10.2 Å². The SMILES string of the molecule is CN(CCO)CC(O)c1ccc(N)cc1. The molecule has 0 amide bonds. The van der Waals surface area contributed by atoms with Crippen molar-refractivity contribution in [3.05, 3.63) is 29.8 Å². The van der Waals surface area contributed by atoms with Gasteiger partial charge >= 0.3 is 0 Å². The monoisotopic (exact) mass is 210 g/mol. The molecule has 0 aromatic heterocycles. The van der Waals surface area contributed by atoms with Gasteiger partial charge in [0.2, 0.25) is 0 Å². The Bertz CT molecular complexity index is 287. The molecule has 1 aromatic rings. The summed E-state index contributed by atoms with van der Waals surface area (Å²) in [7, 11) is 1.86. The zero-order chi connectivity index (χ0) is 11.3. The van der Waals surface area contributed by atoms with E-state index < -0.39 is 6.10 Å². The van der Waals surface area contributed by atoms with Crippen LogP contribution in [0.1, 0.15) is 11.7 Å². The van der Waals surface area contributed by atoms with E-state index in [1.807, 2.05) is 24.1 Å². The van der Waals surface area contributed by atoms with E-state index in [0.717, 1.165) is 5.56 Å². The molecule has 0 spiro atoms. The zero-order valence-electron chi connectivity index (χ0n) is 8.93. The van der Waals surface area contributed by atoms with Crippen molar-refractivity contribution in [2.24, 2.45) is 0 Å². The van der Waals surface area contributed by atoms with Gasteiger partial charge in [0.05, 0.1) is 12.7 Å². The van der Waals surface area contributed by atoms with E-state index in [-0.39, 0.29) is 6.61 Å². The third-order valence-corrected chi connectivity index (χ3v) is 2.29. The van der Waals surface area contributed by atoms with Crippen LogP contribution in [0, 0.1) is 0 Å². The van der Waals surface area contributed by atoms with Crippen molar-refractivity contribution in [2.75, 3.05) is 32.5 Å². The first-order valence-corrected chi connectivity index (χ1v) is 4.96. The fraction of sp³-hybridized carbons (Fsp3) is 0.455. The molecule has 15 heavy (non-hydrogen) atoms. The van der Waals surface area contributed by atoms with Gasteiger partial charge < -0.3 is 20.8 Å². The van der Waals surface area contributed by atoms with Crippen LogP contribution in [0.2, 0.25) is 0 Å². The number of anilines is 1. The van der Waals surface area contributed by atoms with Gasteiger partial charge in [-0.15, -0.1) is 0 Å². The van der Waals surface area contributed by atoms with E-state index in [4.69, 9.17) is 10.8 Å². The number of nitrogens with zero attached hydrogens (tertiary/aromatic N) is 1. The molecule has 4 nitrogen and oxygen atoms in total. The number of nitrogen functional groups attached to an aromatic ring is 1. The summed E-state index contributed by atoms with van der Waals surface area (Å²) in [6, 6.07) is 7.16. The Morgan fingerprint density at radius 2 is 1.93 bits per heavy atom. The largest absolute Gasteiger partial charge is 0.399 e. The van der Waals surface area contributed by atoms with Crippen LogP contribution in [-0.4, -0.2) is 41.9 Å². The number of benzene rings is 1. The first kappa shape index (κ1) is 12.0. The summed E-state index contributed by atoms with van der Waals surface area (Å²) in [4.78, 5) is 1.88. The Morgan fingerprint density at radius 1 is 1.33 bits per heavy atom. The van der Waals surface area contributed by atoms with E-state index in [0.29, 0.717) is 18.8 Å². The van der Waals surface area contributed by atoms with E-state index >= 15 is 0 Å². The number of likely N-dealkylation sites (N-methyl/N-ethyl adjacent to an activating group) is 1. The maximum Gasteiger partial charge on any atom is 0.0916 e. The number of aliphatic hydroxyl groups is 2. The van der Waals surface area contributed by atoms with E-state index in [1.54, 1.807) is 12.1 Å². The molecule has 4 N–H and O–H groups in total. The van der Waals surface area contributed by atoms with Crippen LogP contribution in [0.3, 0.4) is 0 Å². The topological polar surface area (TPSA) is 69.7 Å². The first-order chi connectivity index (χ1) is 7.13. The molecule has 84 valence electrons. The minimum absolute atomic E-state index is 0.102. The molecule has 0 bridgehead atoms. The summed E-state index contributed by atoms with van der Waals surface area (Å²) in [6.07, 6.45) is -0.540. The number of hydrogen-bond acceptors (Lipinski definition) is 4. The quantitative estimate of drug-likeness (QED) is 0.608. The van der Waals surface area contributed by atoms with Gasteiger partial charge in [-0.2, -0.15) is 0 Å². The smallest absolute Gasteiger partial charge is 0.0916 e. The molecule has 0 radical (unpaired) electrons. The number of aliphatic hydroxyl groups excluding tert-OH is 2. The lowest BCUT2D eigenvalue weighted by atomic mass is 10.1. The average molecular weight is 210 g/mol. The summed E-state index contributed by atoms with van der Waals surface area (Å²) in [5, 5.41) is 18.6. The molecule has 0 aliphatic carbocycles. The fourth-order valence-electron chi connectivity index (χ4n) is 1.38. The van der Waals surface area contributed by atoms with Crippen LogP contribution in [0.25, 0.3) is 0 Å². The Kier molecular flexibility index (Phi) is 4.55. The van der Waals surface area contributed by atoms with Gasteiger partial charge in [-0.3, -0.25) is 0 Å². The molecule has 0 fully saturated rings. The second-order valence-corrected chi connectivity index (χ2v) is 3.67. The van der Waals surface area contributed by atoms with Gasteiger partial charge in [0.1, 0.15) is 0 Å². The maximum absolute atomic E-state index is 9.84. The van der Waals surface area contributed by atoms with Crippen molar-refractivity contribution in [2.45, 2.75) is 6.10 Å². The van der Waals surface area contributed by atoms with E-state index in [9.17, 15) is 5.11 Å².